The highest BCUT2D eigenvalue weighted by Crippen LogP contribution is 2.29. The summed E-state index contributed by atoms with van der Waals surface area (Å²) in [6, 6.07) is 15.5. The van der Waals surface area contributed by atoms with Gasteiger partial charge in [-0.05, 0) is 43.1 Å². The van der Waals surface area contributed by atoms with Crippen LogP contribution in [-0.2, 0) is 29.1 Å². The van der Waals surface area contributed by atoms with Crippen molar-refractivity contribution in [2.45, 2.75) is 36.4 Å². The van der Waals surface area contributed by atoms with Crippen molar-refractivity contribution in [2.24, 2.45) is 0 Å². The maximum atomic E-state index is 13.1. The molecule has 0 aliphatic carbocycles. The normalized spacial score (nSPS) is 21.7. The summed E-state index contributed by atoms with van der Waals surface area (Å²) in [5.74, 6) is 0.224. The number of β-amino-alcohol motifs (C(OH)–C–C–N with tert-alkyl or cyclic N) is 1. The number of amides is 1. The number of para-hydroxylation sites is 1. The molecule has 3 N–H and O–H groups in total. The van der Waals surface area contributed by atoms with Gasteiger partial charge in [0.25, 0.3) is 5.91 Å². The minimum absolute atomic E-state index is 0.123. The van der Waals surface area contributed by atoms with Crippen LogP contribution in [0.4, 0.5) is 0 Å². The van der Waals surface area contributed by atoms with Gasteiger partial charge in [0.15, 0.2) is 12.4 Å². The molecule has 4 rings (SSSR count). The minimum atomic E-state index is -1.48. The van der Waals surface area contributed by atoms with Crippen molar-refractivity contribution < 1.29 is 19.2 Å². The molecule has 2 aliphatic heterocycles. The van der Waals surface area contributed by atoms with Crippen LogP contribution in [0.25, 0.3) is 0 Å². The molecule has 0 radical (unpaired) electrons. The van der Waals surface area contributed by atoms with E-state index in [1.165, 1.54) is 11.1 Å². The van der Waals surface area contributed by atoms with Gasteiger partial charge in [-0.15, -0.1) is 4.31 Å². The van der Waals surface area contributed by atoms with E-state index in [0.717, 1.165) is 32.5 Å². The van der Waals surface area contributed by atoms with Crippen LogP contribution >= 0.6 is 0 Å². The number of benzene rings is 2. The monoisotopic (exact) mass is 486 g/mol. The van der Waals surface area contributed by atoms with Crippen molar-refractivity contribution in [1.82, 2.24) is 19.8 Å². The third-order valence-electron chi connectivity index (χ3n) is 6.44. The van der Waals surface area contributed by atoms with Crippen molar-refractivity contribution in [1.29, 1.82) is 0 Å². The Labute approximate surface area is 204 Å². The van der Waals surface area contributed by atoms with E-state index < -0.39 is 17.5 Å². The van der Waals surface area contributed by atoms with Gasteiger partial charge < -0.3 is 25.0 Å². The van der Waals surface area contributed by atoms with Gasteiger partial charge in [0.1, 0.15) is 0 Å². The van der Waals surface area contributed by atoms with E-state index in [-0.39, 0.29) is 18.6 Å². The van der Waals surface area contributed by atoms with Crippen molar-refractivity contribution in [2.75, 3.05) is 46.4 Å². The van der Waals surface area contributed by atoms with E-state index in [0.29, 0.717) is 30.3 Å². The van der Waals surface area contributed by atoms with Gasteiger partial charge in [-0.3, -0.25) is 9.69 Å². The standard InChI is InChI=1S/C25H34N4O4S/c1-26-21-16-29(17-22(21)30)34(32)24-10-5-4-9-23(24)33-18-25(31)27-12-6-13-28-14-11-19-7-2-3-8-20(19)15-28/h2-5,7-10,21-22,26,30H,6,11-18H2,1H3,(H,27,31). The number of hydrogen-bond acceptors (Lipinski definition) is 7. The Bertz CT molecular complexity index is 962. The number of ether oxygens (including phenoxy) is 1. The van der Waals surface area contributed by atoms with Crippen LogP contribution in [0.2, 0.25) is 0 Å². The lowest BCUT2D eigenvalue weighted by Crippen LogP contribution is -2.36. The summed E-state index contributed by atoms with van der Waals surface area (Å²) in [4.78, 5) is 15.2. The van der Waals surface area contributed by atoms with Crippen molar-refractivity contribution >= 4 is 17.3 Å². The Morgan fingerprint density at radius 1 is 1.18 bits per heavy atom. The van der Waals surface area contributed by atoms with E-state index in [1.807, 2.05) is 0 Å². The molecule has 0 aromatic heterocycles. The van der Waals surface area contributed by atoms with Gasteiger partial charge in [0.05, 0.1) is 36.6 Å². The Balaban J connectivity index is 1.20. The third-order valence-corrected chi connectivity index (χ3v) is 7.92. The number of aliphatic hydroxyl groups is 1. The van der Waals surface area contributed by atoms with Gasteiger partial charge in [-0.2, -0.15) is 0 Å². The fourth-order valence-electron chi connectivity index (χ4n) is 4.49. The third kappa shape index (κ3) is 6.29. The molecule has 3 atom stereocenters. The first kappa shape index (κ1) is 25.0. The summed E-state index contributed by atoms with van der Waals surface area (Å²) < 4.78 is 20.5. The number of carbonyl (C=O) groups is 1. The van der Waals surface area contributed by atoms with E-state index in [9.17, 15) is 14.5 Å². The van der Waals surface area contributed by atoms with E-state index >= 15 is 0 Å². The molecule has 1 saturated heterocycles. The molecule has 184 valence electrons. The summed E-state index contributed by atoms with van der Waals surface area (Å²) in [5, 5.41) is 16.1. The van der Waals surface area contributed by atoms with Crippen LogP contribution in [0.15, 0.2) is 53.4 Å². The molecule has 2 aliphatic rings. The van der Waals surface area contributed by atoms with Crippen LogP contribution in [0.1, 0.15) is 17.5 Å². The average Bonchev–Trinajstić information content (AvgIpc) is 3.25. The number of rotatable bonds is 10. The first-order chi connectivity index (χ1) is 16.5. The number of nitrogens with zero attached hydrogens (tertiary/aromatic N) is 2. The summed E-state index contributed by atoms with van der Waals surface area (Å²) in [6.07, 6.45) is 1.37. The molecule has 34 heavy (non-hydrogen) atoms. The molecule has 2 heterocycles. The zero-order valence-corrected chi connectivity index (χ0v) is 20.4. The molecular formula is C25H34N4O4S. The van der Waals surface area contributed by atoms with Gasteiger partial charge in [0, 0.05) is 26.2 Å². The molecule has 3 unspecified atom stereocenters. The highest BCUT2D eigenvalue weighted by molar-refractivity contribution is 7.89. The molecule has 2 aromatic rings. The lowest BCUT2D eigenvalue weighted by molar-refractivity contribution is -0.123. The van der Waals surface area contributed by atoms with Gasteiger partial charge in [-0.1, -0.05) is 36.4 Å². The number of likely N-dealkylation sites (N-methyl/N-ethyl adjacent to an activating group) is 1. The molecule has 8 nitrogen and oxygen atoms in total. The van der Waals surface area contributed by atoms with Crippen LogP contribution in [0.5, 0.6) is 5.75 Å². The number of fused-ring (bicyclic) bond motifs is 1. The second-order valence-corrected chi connectivity index (χ2v) is 10.2. The summed E-state index contributed by atoms with van der Waals surface area (Å²) in [7, 11) is 1.78. The molecule has 1 fully saturated rings. The Hall–Kier alpha value is -2.14. The Morgan fingerprint density at radius 3 is 2.74 bits per heavy atom. The summed E-state index contributed by atoms with van der Waals surface area (Å²) in [6.45, 7) is 4.19. The zero-order valence-electron chi connectivity index (χ0n) is 19.6. The van der Waals surface area contributed by atoms with Gasteiger partial charge in [-0.25, -0.2) is 0 Å². The highest BCUT2D eigenvalue weighted by Gasteiger charge is 2.38. The largest absolute Gasteiger partial charge is 0.593 e. The van der Waals surface area contributed by atoms with E-state index in [4.69, 9.17) is 4.74 Å². The SMILES string of the molecule is CNC1CN([S+]([O-])c2ccccc2OCC(=O)NCCCN2CCc3ccccc3C2)CC1O. The fraction of sp³-hybridized carbons (Fsp3) is 0.480. The minimum Gasteiger partial charge on any atom is -0.593 e. The van der Waals surface area contributed by atoms with E-state index in [2.05, 4.69) is 39.8 Å². The van der Waals surface area contributed by atoms with Gasteiger partial charge in [0.2, 0.25) is 4.90 Å². The zero-order chi connectivity index (χ0) is 23.9. The lowest BCUT2D eigenvalue weighted by Gasteiger charge is -2.28. The van der Waals surface area contributed by atoms with Crippen molar-refractivity contribution in [3.05, 3.63) is 59.7 Å². The Morgan fingerprint density at radius 2 is 1.94 bits per heavy atom. The highest BCUT2D eigenvalue weighted by atomic mass is 32.2. The summed E-state index contributed by atoms with van der Waals surface area (Å²) >= 11 is -1.48. The van der Waals surface area contributed by atoms with Crippen LogP contribution in [-0.4, -0.2) is 83.3 Å². The smallest absolute Gasteiger partial charge is 0.257 e. The quantitative estimate of drug-likeness (QED) is 0.339. The van der Waals surface area contributed by atoms with Gasteiger partial charge >= 0.3 is 0 Å². The maximum absolute atomic E-state index is 13.1. The first-order valence-electron chi connectivity index (χ1n) is 11.8. The summed E-state index contributed by atoms with van der Waals surface area (Å²) in [5.41, 5.74) is 2.83. The average molecular weight is 487 g/mol. The second kappa shape index (κ2) is 12.0. The molecule has 0 bridgehead atoms. The van der Waals surface area contributed by atoms with Crippen LogP contribution in [0, 0.1) is 0 Å². The van der Waals surface area contributed by atoms with Crippen LogP contribution < -0.4 is 15.4 Å². The fourth-order valence-corrected chi connectivity index (χ4v) is 5.85. The Kier molecular flexibility index (Phi) is 8.82. The van der Waals surface area contributed by atoms with Crippen LogP contribution in [0.3, 0.4) is 0 Å². The molecule has 0 saturated carbocycles. The van der Waals surface area contributed by atoms with E-state index in [1.54, 1.807) is 35.6 Å². The molecule has 2 aromatic carbocycles. The predicted molar refractivity (Wildman–Crippen MR) is 132 cm³/mol. The molecule has 9 heteroatoms. The molecular weight excluding hydrogens is 452 g/mol. The first-order valence-corrected chi connectivity index (χ1v) is 13.0. The second-order valence-electron chi connectivity index (χ2n) is 8.79. The number of carbonyl (C=O) groups excluding carboxylic acids is 1. The molecule has 1 amide bonds. The number of hydrogen-bond donors (Lipinski definition) is 3. The molecule has 0 spiro atoms. The van der Waals surface area contributed by atoms with Crippen molar-refractivity contribution in [3.63, 3.8) is 0 Å². The predicted octanol–water partition coefficient (Wildman–Crippen LogP) is 0.917. The number of nitrogens with one attached hydrogen (secondary N) is 2. The topological polar surface area (TPSA) is 100 Å². The number of aliphatic hydroxyl groups excluding tert-OH is 1. The lowest BCUT2D eigenvalue weighted by atomic mass is 10.00. The van der Waals surface area contributed by atoms with Crippen molar-refractivity contribution in [3.8, 4) is 5.75 Å². The maximum Gasteiger partial charge on any atom is 0.257 e.